The van der Waals surface area contributed by atoms with Crippen LogP contribution in [0.25, 0.3) is 5.57 Å². The van der Waals surface area contributed by atoms with E-state index >= 15 is 0 Å². The summed E-state index contributed by atoms with van der Waals surface area (Å²) in [7, 11) is 1.67. The molecule has 0 atom stereocenters. The van der Waals surface area contributed by atoms with Gasteiger partial charge >= 0.3 is 0 Å². The van der Waals surface area contributed by atoms with Crippen molar-refractivity contribution in [1.82, 2.24) is 4.90 Å². The molecular weight excluding hydrogens is 341 g/mol. The molecule has 0 spiro atoms. The molecule has 0 saturated carbocycles. The fourth-order valence-electron chi connectivity index (χ4n) is 3.38. The fourth-order valence-corrected chi connectivity index (χ4v) is 3.38. The average molecular weight is 367 g/mol. The third kappa shape index (κ3) is 5.43. The molecule has 1 aliphatic heterocycles. The number of carbonyl (C=O) groups excluding carboxylic acids is 1. The van der Waals surface area contributed by atoms with Crippen LogP contribution >= 0.6 is 0 Å². The molecule has 3 nitrogen and oxygen atoms in total. The molecule has 2 aromatic rings. The van der Waals surface area contributed by atoms with Crippen LogP contribution < -0.4 is 4.74 Å². The van der Waals surface area contributed by atoms with Gasteiger partial charge in [0.15, 0.2) is 0 Å². The molecule has 1 amide bonds. The summed E-state index contributed by atoms with van der Waals surface area (Å²) in [5, 5.41) is 0. The number of halogens is 1. The van der Waals surface area contributed by atoms with E-state index in [1.54, 1.807) is 19.2 Å². The number of nitrogens with zero attached hydrogens (tertiary/aromatic N) is 1. The number of ether oxygens (including phenoxy) is 1. The van der Waals surface area contributed by atoms with Crippen LogP contribution in [-0.2, 0) is 11.2 Å². The van der Waals surface area contributed by atoms with Crippen LogP contribution in [0, 0.1) is 5.82 Å². The Bertz CT molecular complexity index is 781. The van der Waals surface area contributed by atoms with Gasteiger partial charge in [0.05, 0.1) is 7.11 Å². The van der Waals surface area contributed by atoms with E-state index in [9.17, 15) is 9.18 Å². The third-order valence-electron chi connectivity index (χ3n) is 5.04. The Hall–Kier alpha value is -2.62. The number of aryl methyl sites for hydroxylation is 1. The third-order valence-corrected chi connectivity index (χ3v) is 5.04. The van der Waals surface area contributed by atoms with Gasteiger partial charge < -0.3 is 9.64 Å². The summed E-state index contributed by atoms with van der Waals surface area (Å²) in [6.45, 7) is 1.38. The zero-order valence-corrected chi connectivity index (χ0v) is 15.8. The SMILES string of the molecule is COc1ccc(CCCCC(=O)N2CC=C(c3ccc(F)cc3)CC2)cc1. The van der Waals surface area contributed by atoms with Gasteiger partial charge in [0, 0.05) is 19.5 Å². The molecule has 0 N–H and O–H groups in total. The Labute approximate surface area is 160 Å². The first-order valence-electron chi connectivity index (χ1n) is 9.51. The second-order valence-electron chi connectivity index (χ2n) is 6.88. The quantitative estimate of drug-likeness (QED) is 0.654. The maximum atomic E-state index is 13.0. The summed E-state index contributed by atoms with van der Waals surface area (Å²) in [4.78, 5) is 14.3. The predicted molar refractivity (Wildman–Crippen MR) is 106 cm³/mol. The van der Waals surface area contributed by atoms with E-state index in [4.69, 9.17) is 4.74 Å². The molecule has 0 fully saturated rings. The van der Waals surface area contributed by atoms with Crippen molar-refractivity contribution in [2.75, 3.05) is 20.2 Å². The van der Waals surface area contributed by atoms with Crippen LogP contribution in [0.5, 0.6) is 5.75 Å². The Balaban J connectivity index is 1.40. The Morgan fingerprint density at radius 2 is 1.81 bits per heavy atom. The number of hydrogen-bond acceptors (Lipinski definition) is 2. The monoisotopic (exact) mass is 367 g/mol. The Kier molecular flexibility index (Phi) is 6.64. The lowest BCUT2D eigenvalue weighted by Crippen LogP contribution is -2.34. The van der Waals surface area contributed by atoms with Crippen molar-refractivity contribution in [2.45, 2.75) is 32.1 Å². The Morgan fingerprint density at radius 1 is 1.07 bits per heavy atom. The Morgan fingerprint density at radius 3 is 2.44 bits per heavy atom. The van der Waals surface area contributed by atoms with Crippen LogP contribution in [0.3, 0.4) is 0 Å². The molecule has 3 rings (SSSR count). The maximum Gasteiger partial charge on any atom is 0.222 e. The van der Waals surface area contributed by atoms with Crippen molar-refractivity contribution in [3.63, 3.8) is 0 Å². The van der Waals surface area contributed by atoms with Crippen LogP contribution in [0.4, 0.5) is 4.39 Å². The van der Waals surface area contributed by atoms with Gasteiger partial charge in [0.1, 0.15) is 11.6 Å². The fraction of sp³-hybridized carbons (Fsp3) is 0.348. The standard InChI is InChI=1S/C23H26FNO2/c1-27-22-12-6-18(7-13-22)4-2-3-5-23(26)25-16-14-20(15-17-25)19-8-10-21(24)11-9-19/h6-14H,2-5,15-17H2,1H3. The van der Waals surface area contributed by atoms with Crippen LogP contribution in [-0.4, -0.2) is 31.0 Å². The van der Waals surface area contributed by atoms with E-state index in [0.29, 0.717) is 13.0 Å². The van der Waals surface area contributed by atoms with Gasteiger partial charge in [-0.3, -0.25) is 4.79 Å². The molecule has 0 radical (unpaired) electrons. The van der Waals surface area contributed by atoms with E-state index in [1.165, 1.54) is 23.3 Å². The number of methoxy groups -OCH3 is 1. The molecule has 142 valence electrons. The zero-order chi connectivity index (χ0) is 19.1. The lowest BCUT2D eigenvalue weighted by atomic mass is 9.99. The molecule has 1 heterocycles. The van der Waals surface area contributed by atoms with Gasteiger partial charge in [-0.2, -0.15) is 0 Å². The van der Waals surface area contributed by atoms with Crippen molar-refractivity contribution >= 4 is 11.5 Å². The molecule has 0 aliphatic carbocycles. The van der Waals surface area contributed by atoms with Crippen LogP contribution in [0.15, 0.2) is 54.6 Å². The highest BCUT2D eigenvalue weighted by atomic mass is 19.1. The smallest absolute Gasteiger partial charge is 0.222 e. The lowest BCUT2D eigenvalue weighted by Gasteiger charge is -2.27. The lowest BCUT2D eigenvalue weighted by molar-refractivity contribution is -0.130. The van der Waals surface area contributed by atoms with Crippen molar-refractivity contribution < 1.29 is 13.9 Å². The van der Waals surface area contributed by atoms with E-state index in [0.717, 1.165) is 43.5 Å². The largest absolute Gasteiger partial charge is 0.497 e. The number of unbranched alkanes of at least 4 members (excludes halogenated alkanes) is 1. The van der Waals surface area contributed by atoms with E-state index in [2.05, 4.69) is 18.2 Å². The summed E-state index contributed by atoms with van der Waals surface area (Å²) in [5.74, 6) is 0.868. The van der Waals surface area contributed by atoms with Gasteiger partial charge in [0.25, 0.3) is 0 Å². The van der Waals surface area contributed by atoms with Crippen molar-refractivity contribution in [2.24, 2.45) is 0 Å². The predicted octanol–water partition coefficient (Wildman–Crippen LogP) is 4.86. The summed E-state index contributed by atoms with van der Waals surface area (Å²) in [6.07, 6.45) is 6.38. The summed E-state index contributed by atoms with van der Waals surface area (Å²) < 4.78 is 18.2. The molecule has 4 heteroatoms. The molecule has 0 saturated heterocycles. The summed E-state index contributed by atoms with van der Waals surface area (Å²) in [5.41, 5.74) is 3.51. The minimum Gasteiger partial charge on any atom is -0.497 e. The normalized spacial score (nSPS) is 14.0. The highest BCUT2D eigenvalue weighted by Crippen LogP contribution is 2.23. The molecular formula is C23H26FNO2. The highest BCUT2D eigenvalue weighted by Gasteiger charge is 2.17. The second kappa shape index (κ2) is 9.36. The molecule has 0 unspecified atom stereocenters. The van der Waals surface area contributed by atoms with E-state index in [-0.39, 0.29) is 11.7 Å². The molecule has 0 aromatic heterocycles. The number of carbonyl (C=O) groups is 1. The van der Waals surface area contributed by atoms with E-state index < -0.39 is 0 Å². The van der Waals surface area contributed by atoms with Crippen molar-refractivity contribution in [1.29, 1.82) is 0 Å². The topological polar surface area (TPSA) is 29.5 Å². The first-order chi connectivity index (χ1) is 13.2. The summed E-state index contributed by atoms with van der Waals surface area (Å²) >= 11 is 0. The van der Waals surface area contributed by atoms with Crippen LogP contribution in [0.1, 0.15) is 36.8 Å². The average Bonchev–Trinajstić information content (AvgIpc) is 2.72. The van der Waals surface area contributed by atoms with Crippen LogP contribution in [0.2, 0.25) is 0 Å². The van der Waals surface area contributed by atoms with Gasteiger partial charge in [-0.1, -0.05) is 30.3 Å². The number of benzene rings is 2. The highest BCUT2D eigenvalue weighted by molar-refractivity contribution is 5.78. The molecule has 27 heavy (non-hydrogen) atoms. The zero-order valence-electron chi connectivity index (χ0n) is 15.8. The van der Waals surface area contributed by atoms with Gasteiger partial charge in [-0.15, -0.1) is 0 Å². The second-order valence-corrected chi connectivity index (χ2v) is 6.88. The molecule has 1 aliphatic rings. The van der Waals surface area contributed by atoms with Gasteiger partial charge in [-0.25, -0.2) is 4.39 Å². The van der Waals surface area contributed by atoms with Crippen molar-refractivity contribution in [3.05, 3.63) is 71.6 Å². The van der Waals surface area contributed by atoms with Gasteiger partial charge in [0.2, 0.25) is 5.91 Å². The van der Waals surface area contributed by atoms with E-state index in [1.807, 2.05) is 17.0 Å². The maximum absolute atomic E-state index is 13.0. The summed E-state index contributed by atoms with van der Waals surface area (Å²) in [6, 6.07) is 14.7. The minimum atomic E-state index is -0.221. The van der Waals surface area contributed by atoms with Crippen molar-refractivity contribution in [3.8, 4) is 5.75 Å². The number of hydrogen-bond donors (Lipinski definition) is 0. The first-order valence-corrected chi connectivity index (χ1v) is 9.51. The first kappa shape index (κ1) is 19.2. The number of rotatable bonds is 7. The van der Waals surface area contributed by atoms with Gasteiger partial charge in [-0.05, 0) is 66.6 Å². The number of amides is 1. The minimum absolute atomic E-state index is 0.221. The molecule has 2 aromatic carbocycles. The molecule has 0 bridgehead atoms.